The summed E-state index contributed by atoms with van der Waals surface area (Å²) in [5.41, 5.74) is 0. The van der Waals surface area contributed by atoms with Crippen LogP contribution >= 0.6 is 0 Å². The van der Waals surface area contributed by atoms with Gasteiger partial charge in [-0.3, -0.25) is 4.79 Å². The van der Waals surface area contributed by atoms with E-state index in [0.29, 0.717) is 6.42 Å². The van der Waals surface area contributed by atoms with Crippen LogP contribution in [0.5, 0.6) is 0 Å². The first-order valence-corrected chi connectivity index (χ1v) is 44.4. The minimum absolute atomic E-state index is 0.250. The van der Waals surface area contributed by atoms with Crippen LogP contribution in [0.4, 0.5) is 0 Å². The van der Waals surface area contributed by atoms with Gasteiger partial charge in [0.15, 0.2) is 18.9 Å². The highest BCUT2D eigenvalue weighted by Gasteiger charge is 2.54. The lowest BCUT2D eigenvalue weighted by molar-refractivity contribution is -0.379. The van der Waals surface area contributed by atoms with Crippen molar-refractivity contribution in [3.63, 3.8) is 0 Å². The zero-order valence-corrected chi connectivity index (χ0v) is 67.0. The summed E-state index contributed by atoms with van der Waals surface area (Å²) >= 11 is 0. The Bertz CT molecular complexity index is 1940. The zero-order valence-electron chi connectivity index (χ0n) is 67.0. The Kier molecular flexibility index (Phi) is 62.4. The highest BCUT2D eigenvalue weighted by molar-refractivity contribution is 5.76. The summed E-state index contributed by atoms with van der Waals surface area (Å²) in [6, 6.07) is -0.971. The Labute approximate surface area is 639 Å². The number of nitrogens with one attached hydrogen (secondary N) is 1. The summed E-state index contributed by atoms with van der Waals surface area (Å²) in [5, 5.41) is 121. The van der Waals surface area contributed by atoms with Crippen LogP contribution in [0, 0.1) is 0 Å². The van der Waals surface area contributed by atoms with Crippen LogP contribution < -0.4 is 5.32 Å². The summed E-state index contributed by atoms with van der Waals surface area (Å²) in [5.74, 6) is -0.265. The van der Waals surface area contributed by atoms with Crippen LogP contribution in [0.15, 0.2) is 12.2 Å². The van der Waals surface area contributed by atoms with Gasteiger partial charge in [0, 0.05) is 6.42 Å². The van der Waals surface area contributed by atoms with E-state index in [2.05, 4.69) is 19.2 Å². The van der Waals surface area contributed by atoms with Gasteiger partial charge in [-0.25, -0.2) is 0 Å². The first-order chi connectivity index (χ1) is 51.3. The molecule has 17 unspecified atom stereocenters. The standard InChI is InChI=1S/C86H165NO18/c1-3-5-7-9-11-13-15-17-19-21-23-25-27-29-31-33-34-35-36-37-39-41-43-45-47-49-51-53-55-57-59-61-63-70(91)69(87-74(92)64-62-60-58-56-54-52-50-48-46-44-42-40-38-32-30-28-26-24-22-20-18-16-14-12-10-8-6-4-2)68-100-84-80(98)77(95)82(72(66-89)102-84)105-86-81(99)78(96)83(73(67-90)103-86)104-85-79(97)76(94)75(93)71(65-88)101-85/h61,63,69-73,75-86,88-91,93-99H,3-60,62,64-68H2,1-2H3,(H,87,92)/b63-61+. The molecular formula is C86H165NO18. The third kappa shape index (κ3) is 46.3. The molecule has 1 amide bonds. The molecule has 0 spiro atoms. The summed E-state index contributed by atoms with van der Waals surface area (Å²) in [6.45, 7) is 1.82. The number of ether oxygens (including phenoxy) is 6. The van der Waals surface area contributed by atoms with E-state index < -0.39 is 124 Å². The maximum atomic E-state index is 13.5. The Balaban J connectivity index is 1.34. The van der Waals surface area contributed by atoms with Gasteiger partial charge in [-0.2, -0.15) is 0 Å². The summed E-state index contributed by atoms with van der Waals surface area (Å²) in [6.07, 6.45) is 55.1. The van der Waals surface area contributed by atoms with Gasteiger partial charge in [0.2, 0.25) is 5.91 Å². The SMILES string of the molecule is CCCCCCCCCCCCCCCCCCCCCCCCCCCCCCCC/C=C/C(O)C(COC1OC(CO)C(OC2OC(CO)C(OC3OC(CO)C(O)C(O)C3O)C(O)C2O)C(O)C1O)NC(=O)CCCCCCCCCCCCCCCCCCCCCCCCCCCCCC. The molecule has 0 aromatic carbocycles. The van der Waals surface area contributed by atoms with Gasteiger partial charge in [-0.15, -0.1) is 0 Å². The fourth-order valence-electron chi connectivity index (χ4n) is 15.5. The van der Waals surface area contributed by atoms with Crippen molar-refractivity contribution in [1.29, 1.82) is 0 Å². The lowest BCUT2D eigenvalue weighted by Crippen LogP contribution is -2.66. The summed E-state index contributed by atoms with van der Waals surface area (Å²) < 4.78 is 34.5. The molecule has 17 atom stereocenters. The second-order valence-corrected chi connectivity index (χ2v) is 32.1. The minimum Gasteiger partial charge on any atom is -0.394 e. The van der Waals surface area contributed by atoms with E-state index in [-0.39, 0.29) is 18.9 Å². The topological polar surface area (TPSA) is 307 Å². The molecule has 3 aliphatic heterocycles. The Morgan fingerprint density at radius 3 is 0.895 bits per heavy atom. The molecule has 0 saturated carbocycles. The molecule has 19 nitrogen and oxygen atoms in total. The van der Waals surface area contributed by atoms with Crippen LogP contribution in [-0.4, -0.2) is 193 Å². The molecule has 0 aromatic rings. The lowest BCUT2D eigenvalue weighted by atomic mass is 9.96. The first-order valence-electron chi connectivity index (χ1n) is 44.4. The third-order valence-corrected chi connectivity index (χ3v) is 22.6. The number of aliphatic hydroxyl groups excluding tert-OH is 11. The maximum Gasteiger partial charge on any atom is 0.220 e. The van der Waals surface area contributed by atoms with E-state index in [4.69, 9.17) is 28.4 Å². The Morgan fingerprint density at radius 1 is 0.333 bits per heavy atom. The van der Waals surface area contributed by atoms with Crippen molar-refractivity contribution in [3.8, 4) is 0 Å². The quantitative estimate of drug-likeness (QED) is 0.0199. The molecule has 3 saturated heterocycles. The van der Waals surface area contributed by atoms with Crippen LogP contribution in [0.3, 0.4) is 0 Å². The van der Waals surface area contributed by atoms with Crippen molar-refractivity contribution in [2.24, 2.45) is 0 Å². The number of hydrogen-bond acceptors (Lipinski definition) is 18. The molecule has 105 heavy (non-hydrogen) atoms. The van der Waals surface area contributed by atoms with Crippen molar-refractivity contribution < 1.29 is 89.4 Å². The smallest absolute Gasteiger partial charge is 0.220 e. The molecule has 0 aromatic heterocycles. The zero-order chi connectivity index (χ0) is 76.0. The number of hydrogen-bond donors (Lipinski definition) is 12. The highest BCUT2D eigenvalue weighted by atomic mass is 16.8. The van der Waals surface area contributed by atoms with Gasteiger partial charge in [-0.1, -0.05) is 386 Å². The number of unbranched alkanes of at least 4 members (excludes halogenated alkanes) is 57. The second kappa shape index (κ2) is 67.1. The van der Waals surface area contributed by atoms with Crippen LogP contribution in [0.2, 0.25) is 0 Å². The molecule has 0 aliphatic carbocycles. The van der Waals surface area contributed by atoms with Gasteiger partial charge in [-0.05, 0) is 19.3 Å². The van der Waals surface area contributed by atoms with Gasteiger partial charge in [0.1, 0.15) is 73.2 Å². The van der Waals surface area contributed by atoms with Gasteiger partial charge in [0.25, 0.3) is 0 Å². The van der Waals surface area contributed by atoms with E-state index in [9.17, 15) is 61.0 Å². The Hall–Kier alpha value is -1.47. The normalized spacial score (nSPS) is 25.7. The van der Waals surface area contributed by atoms with Gasteiger partial charge >= 0.3 is 0 Å². The summed E-state index contributed by atoms with van der Waals surface area (Å²) in [4.78, 5) is 13.5. The van der Waals surface area contributed by atoms with Gasteiger partial charge < -0.3 is 89.9 Å². The number of allylic oxidation sites excluding steroid dienone is 1. The maximum absolute atomic E-state index is 13.5. The second-order valence-electron chi connectivity index (χ2n) is 32.1. The third-order valence-electron chi connectivity index (χ3n) is 22.6. The average Bonchev–Trinajstić information content (AvgIpc) is 0.782. The summed E-state index contributed by atoms with van der Waals surface area (Å²) in [7, 11) is 0. The first kappa shape index (κ1) is 97.7. The van der Waals surface area contributed by atoms with E-state index in [1.54, 1.807) is 6.08 Å². The highest BCUT2D eigenvalue weighted by Crippen LogP contribution is 2.34. The van der Waals surface area contributed by atoms with E-state index in [1.807, 2.05) is 6.08 Å². The van der Waals surface area contributed by atoms with Crippen molar-refractivity contribution in [3.05, 3.63) is 12.2 Å². The molecule has 19 heteroatoms. The van der Waals surface area contributed by atoms with E-state index in [0.717, 1.165) is 44.9 Å². The molecule has 3 fully saturated rings. The monoisotopic (exact) mass is 1500 g/mol. The molecule has 0 bridgehead atoms. The van der Waals surface area contributed by atoms with Crippen molar-refractivity contribution >= 4 is 5.91 Å². The average molecular weight is 1500 g/mol. The predicted molar refractivity (Wildman–Crippen MR) is 420 cm³/mol. The fourth-order valence-corrected chi connectivity index (χ4v) is 15.5. The molecule has 12 N–H and O–H groups in total. The minimum atomic E-state index is -1.98. The molecular weight excluding hydrogens is 1330 g/mol. The van der Waals surface area contributed by atoms with Crippen LogP contribution in [0.25, 0.3) is 0 Å². The Morgan fingerprint density at radius 2 is 0.590 bits per heavy atom. The lowest BCUT2D eigenvalue weighted by Gasteiger charge is -2.48. The number of carbonyl (C=O) groups is 1. The van der Waals surface area contributed by atoms with E-state index in [1.165, 1.54) is 327 Å². The van der Waals surface area contributed by atoms with Crippen molar-refractivity contribution in [2.75, 3.05) is 26.4 Å². The van der Waals surface area contributed by atoms with Crippen LogP contribution in [0.1, 0.15) is 399 Å². The number of aliphatic hydroxyl groups is 11. The molecule has 3 rings (SSSR count). The molecule has 622 valence electrons. The van der Waals surface area contributed by atoms with Crippen LogP contribution in [-0.2, 0) is 33.2 Å². The molecule has 3 heterocycles. The number of rotatable bonds is 73. The molecule has 3 aliphatic rings. The van der Waals surface area contributed by atoms with Crippen molar-refractivity contribution in [1.82, 2.24) is 5.32 Å². The van der Waals surface area contributed by atoms with Gasteiger partial charge in [0.05, 0.1) is 38.6 Å². The number of carbonyl (C=O) groups excluding carboxylic acids is 1. The van der Waals surface area contributed by atoms with E-state index >= 15 is 0 Å². The fraction of sp³-hybridized carbons (Fsp3) is 0.965. The largest absolute Gasteiger partial charge is 0.394 e. The number of amides is 1. The predicted octanol–water partition coefficient (Wildman–Crippen LogP) is 16.3. The van der Waals surface area contributed by atoms with Crippen molar-refractivity contribution in [2.45, 2.75) is 503 Å². The molecule has 0 radical (unpaired) electrons.